The standard InChI is InChI=1S/C15H34N2/c1-3-5-7-11-15(12-8-6-4-2)17-14-10-9-13-16/h15,17H,3-14,16H2,1-2H3. The Morgan fingerprint density at radius 1 is 0.824 bits per heavy atom. The van der Waals surface area contributed by atoms with Gasteiger partial charge in [-0.1, -0.05) is 52.4 Å². The fourth-order valence-electron chi connectivity index (χ4n) is 2.21. The number of nitrogens with two attached hydrogens (primary N) is 1. The van der Waals surface area contributed by atoms with E-state index in [9.17, 15) is 0 Å². The van der Waals surface area contributed by atoms with Crippen molar-refractivity contribution in [1.29, 1.82) is 0 Å². The number of rotatable bonds is 13. The maximum atomic E-state index is 5.51. The lowest BCUT2D eigenvalue weighted by molar-refractivity contribution is 0.414. The molecular formula is C15H34N2. The van der Waals surface area contributed by atoms with Crippen molar-refractivity contribution in [3.63, 3.8) is 0 Å². The molecule has 0 fully saturated rings. The highest BCUT2D eigenvalue weighted by atomic mass is 14.9. The molecule has 0 aromatic rings. The Kier molecular flexibility index (Phi) is 13.9. The van der Waals surface area contributed by atoms with Crippen molar-refractivity contribution in [2.75, 3.05) is 13.1 Å². The van der Waals surface area contributed by atoms with Crippen LogP contribution in [0.4, 0.5) is 0 Å². The molecule has 0 aromatic heterocycles. The first-order chi connectivity index (χ1) is 8.35. The molecule has 0 bridgehead atoms. The summed E-state index contributed by atoms with van der Waals surface area (Å²) >= 11 is 0. The first-order valence-corrected chi connectivity index (χ1v) is 7.78. The molecule has 17 heavy (non-hydrogen) atoms. The first kappa shape index (κ1) is 16.9. The molecule has 0 atom stereocenters. The maximum Gasteiger partial charge on any atom is 0.00670 e. The zero-order valence-corrected chi connectivity index (χ0v) is 12.1. The van der Waals surface area contributed by atoms with E-state index in [1.54, 1.807) is 0 Å². The van der Waals surface area contributed by atoms with Crippen molar-refractivity contribution in [3.05, 3.63) is 0 Å². The van der Waals surface area contributed by atoms with Crippen LogP contribution in [-0.4, -0.2) is 19.1 Å². The lowest BCUT2D eigenvalue weighted by Crippen LogP contribution is -2.30. The van der Waals surface area contributed by atoms with Gasteiger partial charge in [-0.15, -0.1) is 0 Å². The lowest BCUT2D eigenvalue weighted by Gasteiger charge is -2.18. The van der Waals surface area contributed by atoms with Crippen molar-refractivity contribution in [2.24, 2.45) is 5.73 Å². The van der Waals surface area contributed by atoms with Crippen LogP contribution >= 0.6 is 0 Å². The van der Waals surface area contributed by atoms with Gasteiger partial charge in [0, 0.05) is 6.04 Å². The second kappa shape index (κ2) is 14.0. The molecule has 2 nitrogen and oxygen atoms in total. The smallest absolute Gasteiger partial charge is 0.00670 e. The molecule has 3 N–H and O–H groups in total. The SMILES string of the molecule is CCCCCC(CCCCC)NCCCCN. The van der Waals surface area contributed by atoms with E-state index in [2.05, 4.69) is 19.2 Å². The summed E-state index contributed by atoms with van der Waals surface area (Å²) in [7, 11) is 0. The molecule has 0 saturated carbocycles. The van der Waals surface area contributed by atoms with E-state index in [-0.39, 0.29) is 0 Å². The number of nitrogens with one attached hydrogen (secondary N) is 1. The average Bonchev–Trinajstić information content (AvgIpc) is 2.34. The Hall–Kier alpha value is -0.0800. The minimum Gasteiger partial charge on any atom is -0.330 e. The lowest BCUT2D eigenvalue weighted by atomic mass is 10.0. The molecule has 0 heterocycles. The van der Waals surface area contributed by atoms with Gasteiger partial charge in [-0.05, 0) is 38.8 Å². The Morgan fingerprint density at radius 3 is 1.88 bits per heavy atom. The van der Waals surface area contributed by atoms with Crippen LogP contribution in [0.3, 0.4) is 0 Å². The van der Waals surface area contributed by atoms with Crippen LogP contribution in [0.25, 0.3) is 0 Å². The zero-order valence-electron chi connectivity index (χ0n) is 12.1. The third-order valence-electron chi connectivity index (χ3n) is 3.38. The van der Waals surface area contributed by atoms with Crippen LogP contribution in [0.5, 0.6) is 0 Å². The largest absolute Gasteiger partial charge is 0.330 e. The highest BCUT2D eigenvalue weighted by Crippen LogP contribution is 2.11. The minimum absolute atomic E-state index is 0.755. The predicted molar refractivity (Wildman–Crippen MR) is 78.4 cm³/mol. The Bertz CT molecular complexity index is 127. The Balaban J connectivity index is 3.60. The first-order valence-electron chi connectivity index (χ1n) is 7.78. The Labute approximate surface area is 109 Å². The van der Waals surface area contributed by atoms with Gasteiger partial charge >= 0.3 is 0 Å². The van der Waals surface area contributed by atoms with Crippen LogP contribution in [0.1, 0.15) is 78.1 Å². The van der Waals surface area contributed by atoms with Crippen LogP contribution in [-0.2, 0) is 0 Å². The molecule has 0 aliphatic carbocycles. The molecule has 0 spiro atoms. The predicted octanol–water partition coefficient (Wildman–Crippen LogP) is 3.84. The van der Waals surface area contributed by atoms with Crippen molar-refractivity contribution in [1.82, 2.24) is 5.32 Å². The molecule has 0 saturated heterocycles. The second-order valence-electron chi connectivity index (χ2n) is 5.14. The van der Waals surface area contributed by atoms with Crippen LogP contribution < -0.4 is 11.1 Å². The van der Waals surface area contributed by atoms with Gasteiger partial charge < -0.3 is 11.1 Å². The van der Waals surface area contributed by atoms with Crippen molar-refractivity contribution in [2.45, 2.75) is 84.1 Å². The minimum atomic E-state index is 0.755. The molecule has 0 radical (unpaired) electrons. The van der Waals surface area contributed by atoms with Gasteiger partial charge in [-0.3, -0.25) is 0 Å². The Morgan fingerprint density at radius 2 is 1.41 bits per heavy atom. The molecule has 104 valence electrons. The highest BCUT2D eigenvalue weighted by Gasteiger charge is 2.06. The summed E-state index contributed by atoms with van der Waals surface area (Å²) in [5.74, 6) is 0. The quantitative estimate of drug-likeness (QED) is 0.482. The molecule has 2 heteroatoms. The number of unbranched alkanes of at least 4 members (excludes halogenated alkanes) is 5. The van der Waals surface area contributed by atoms with E-state index in [1.165, 1.54) is 57.8 Å². The van der Waals surface area contributed by atoms with E-state index >= 15 is 0 Å². The van der Waals surface area contributed by atoms with E-state index in [4.69, 9.17) is 5.73 Å². The third kappa shape index (κ3) is 12.2. The van der Waals surface area contributed by atoms with Crippen LogP contribution in [0.15, 0.2) is 0 Å². The molecular weight excluding hydrogens is 208 g/mol. The summed E-state index contributed by atoms with van der Waals surface area (Å²) in [6, 6.07) is 0.755. The van der Waals surface area contributed by atoms with Crippen LogP contribution in [0.2, 0.25) is 0 Å². The van der Waals surface area contributed by atoms with Gasteiger partial charge in [0.05, 0.1) is 0 Å². The summed E-state index contributed by atoms with van der Waals surface area (Å²) < 4.78 is 0. The molecule has 0 aliphatic rings. The van der Waals surface area contributed by atoms with E-state index in [0.29, 0.717) is 0 Å². The van der Waals surface area contributed by atoms with Gasteiger partial charge in [0.25, 0.3) is 0 Å². The number of hydrogen-bond acceptors (Lipinski definition) is 2. The third-order valence-corrected chi connectivity index (χ3v) is 3.38. The molecule has 0 amide bonds. The van der Waals surface area contributed by atoms with Crippen molar-refractivity contribution in [3.8, 4) is 0 Å². The molecule has 0 rings (SSSR count). The van der Waals surface area contributed by atoms with E-state index in [0.717, 1.165) is 25.6 Å². The van der Waals surface area contributed by atoms with Gasteiger partial charge in [0.1, 0.15) is 0 Å². The summed E-state index contributed by atoms with van der Waals surface area (Å²) in [5.41, 5.74) is 5.51. The van der Waals surface area contributed by atoms with E-state index in [1.807, 2.05) is 0 Å². The zero-order chi connectivity index (χ0) is 12.8. The average molecular weight is 242 g/mol. The molecule has 0 unspecified atom stereocenters. The summed E-state index contributed by atoms with van der Waals surface area (Å²) in [6.45, 7) is 6.54. The summed E-state index contributed by atoms with van der Waals surface area (Å²) in [6.07, 6.45) is 13.3. The fraction of sp³-hybridized carbons (Fsp3) is 1.00. The second-order valence-corrected chi connectivity index (χ2v) is 5.14. The van der Waals surface area contributed by atoms with Crippen LogP contribution in [0, 0.1) is 0 Å². The van der Waals surface area contributed by atoms with Crippen molar-refractivity contribution < 1.29 is 0 Å². The topological polar surface area (TPSA) is 38.0 Å². The monoisotopic (exact) mass is 242 g/mol. The van der Waals surface area contributed by atoms with Gasteiger partial charge in [0.2, 0.25) is 0 Å². The van der Waals surface area contributed by atoms with Gasteiger partial charge in [0.15, 0.2) is 0 Å². The normalized spacial score (nSPS) is 11.3. The maximum absolute atomic E-state index is 5.51. The van der Waals surface area contributed by atoms with Gasteiger partial charge in [-0.25, -0.2) is 0 Å². The van der Waals surface area contributed by atoms with E-state index < -0.39 is 0 Å². The number of hydrogen-bond donors (Lipinski definition) is 2. The summed E-state index contributed by atoms with van der Waals surface area (Å²) in [5, 5.41) is 3.72. The summed E-state index contributed by atoms with van der Waals surface area (Å²) in [4.78, 5) is 0. The molecule has 0 aromatic carbocycles. The highest BCUT2D eigenvalue weighted by molar-refractivity contribution is 4.67. The fourth-order valence-corrected chi connectivity index (χ4v) is 2.21. The van der Waals surface area contributed by atoms with Crippen molar-refractivity contribution >= 4 is 0 Å². The molecule has 0 aliphatic heterocycles. The van der Waals surface area contributed by atoms with Gasteiger partial charge in [-0.2, -0.15) is 0 Å².